The summed E-state index contributed by atoms with van der Waals surface area (Å²) in [5, 5.41) is 8.97. The van der Waals surface area contributed by atoms with Gasteiger partial charge in [0.1, 0.15) is 24.1 Å². The molecule has 0 aliphatic heterocycles. The maximum atomic E-state index is 8.97. The number of ether oxygens (including phenoxy) is 1. The largest absolute Gasteiger partial charge is 0.489 e. The van der Waals surface area contributed by atoms with Crippen molar-refractivity contribution in [2.45, 2.75) is 32.8 Å². The molecular weight excluding hydrogens is 248 g/mol. The fourth-order valence-corrected chi connectivity index (χ4v) is 1.87. The summed E-state index contributed by atoms with van der Waals surface area (Å²) in [6.45, 7) is 6.89. The van der Waals surface area contributed by atoms with E-state index in [2.05, 4.69) is 44.0 Å². The normalized spacial score (nSPS) is 10.9. The molecule has 102 valence electrons. The zero-order valence-electron chi connectivity index (χ0n) is 12.1. The molecule has 1 aromatic heterocycles. The van der Waals surface area contributed by atoms with Gasteiger partial charge in [-0.3, -0.25) is 0 Å². The minimum absolute atomic E-state index is 0.135. The summed E-state index contributed by atoms with van der Waals surface area (Å²) in [6, 6.07) is 13.8. The van der Waals surface area contributed by atoms with Crippen LogP contribution in [0, 0.1) is 11.3 Å². The molecule has 0 spiro atoms. The summed E-state index contributed by atoms with van der Waals surface area (Å²) in [5.41, 5.74) is 2.62. The lowest BCUT2D eigenvalue weighted by atomic mass is 9.87. The molecule has 1 aromatic carbocycles. The van der Waals surface area contributed by atoms with Gasteiger partial charge in [-0.15, -0.1) is 0 Å². The third-order valence-corrected chi connectivity index (χ3v) is 3.11. The van der Waals surface area contributed by atoms with Crippen LogP contribution in [0.2, 0.25) is 0 Å². The molecule has 0 saturated heterocycles. The second kappa shape index (κ2) is 5.75. The molecule has 20 heavy (non-hydrogen) atoms. The summed E-state index contributed by atoms with van der Waals surface area (Å²) in [6.07, 6.45) is 1.61. The molecule has 0 amide bonds. The first-order valence-electron chi connectivity index (χ1n) is 6.58. The van der Waals surface area contributed by atoms with Crippen molar-refractivity contribution < 1.29 is 4.74 Å². The lowest BCUT2D eigenvalue weighted by molar-refractivity contribution is 0.305. The first-order valence-corrected chi connectivity index (χ1v) is 6.58. The first-order chi connectivity index (χ1) is 9.50. The minimum Gasteiger partial charge on any atom is -0.489 e. The van der Waals surface area contributed by atoms with Crippen molar-refractivity contribution >= 4 is 0 Å². The Labute approximate surface area is 119 Å². The van der Waals surface area contributed by atoms with Crippen LogP contribution in [0.25, 0.3) is 0 Å². The van der Waals surface area contributed by atoms with Gasteiger partial charge in [-0.1, -0.05) is 39.0 Å². The first kappa shape index (κ1) is 14.1. The van der Waals surface area contributed by atoms with Crippen LogP contribution in [0.3, 0.4) is 0 Å². The Hall–Kier alpha value is -2.34. The van der Waals surface area contributed by atoms with E-state index < -0.39 is 0 Å². The highest BCUT2D eigenvalue weighted by Crippen LogP contribution is 2.24. The third kappa shape index (κ3) is 3.36. The molecule has 0 saturated carbocycles. The van der Waals surface area contributed by atoms with E-state index in [0.717, 1.165) is 11.3 Å². The van der Waals surface area contributed by atoms with Gasteiger partial charge < -0.3 is 4.74 Å². The molecular formula is C17H18N2O. The molecule has 0 N–H and O–H groups in total. The molecule has 0 radical (unpaired) electrons. The van der Waals surface area contributed by atoms with Crippen LogP contribution < -0.4 is 4.74 Å². The number of pyridine rings is 1. The molecule has 1 heterocycles. The summed E-state index contributed by atoms with van der Waals surface area (Å²) < 4.78 is 5.71. The molecule has 0 bridgehead atoms. The number of rotatable bonds is 3. The molecule has 3 nitrogen and oxygen atoms in total. The smallest absolute Gasteiger partial charge is 0.147 e. The molecule has 0 atom stereocenters. The summed E-state index contributed by atoms with van der Waals surface area (Å²) in [4.78, 5) is 4.01. The highest BCUT2D eigenvalue weighted by Gasteiger charge is 2.13. The Balaban J connectivity index is 2.07. The number of aromatic nitrogens is 1. The predicted octanol–water partition coefficient (Wildman–Crippen LogP) is 3.83. The highest BCUT2D eigenvalue weighted by molar-refractivity contribution is 5.33. The van der Waals surface area contributed by atoms with E-state index in [4.69, 9.17) is 10.00 Å². The number of benzene rings is 1. The highest BCUT2D eigenvalue weighted by atomic mass is 16.5. The monoisotopic (exact) mass is 266 g/mol. The molecule has 2 rings (SSSR count). The van der Waals surface area contributed by atoms with Gasteiger partial charge in [-0.2, -0.15) is 5.26 Å². The maximum absolute atomic E-state index is 8.97. The van der Waals surface area contributed by atoms with Crippen LogP contribution in [0.1, 0.15) is 37.6 Å². The SMILES string of the molecule is CC(C)(C)c1ccc(OCc2cccnc2C#N)cc1. The number of hydrogen-bond donors (Lipinski definition) is 0. The van der Waals surface area contributed by atoms with Crippen molar-refractivity contribution in [3.63, 3.8) is 0 Å². The molecule has 2 aromatic rings. The standard InChI is InChI=1S/C17H18N2O/c1-17(2,3)14-6-8-15(9-7-14)20-12-13-5-4-10-19-16(13)11-18/h4-10H,12H2,1-3H3. The fraction of sp³-hybridized carbons (Fsp3) is 0.294. The minimum atomic E-state index is 0.135. The van der Waals surface area contributed by atoms with Gasteiger partial charge in [0.15, 0.2) is 0 Å². The van der Waals surface area contributed by atoms with E-state index >= 15 is 0 Å². The summed E-state index contributed by atoms with van der Waals surface area (Å²) in [7, 11) is 0. The van der Waals surface area contributed by atoms with Gasteiger partial charge in [0.05, 0.1) is 0 Å². The Kier molecular flexibility index (Phi) is 4.05. The van der Waals surface area contributed by atoms with Crippen LogP contribution in [0.15, 0.2) is 42.6 Å². The van der Waals surface area contributed by atoms with E-state index in [1.165, 1.54) is 5.56 Å². The van der Waals surface area contributed by atoms with Gasteiger partial charge in [0.25, 0.3) is 0 Å². The Bertz CT molecular complexity index is 619. The topological polar surface area (TPSA) is 45.9 Å². The van der Waals surface area contributed by atoms with Gasteiger partial charge >= 0.3 is 0 Å². The van der Waals surface area contributed by atoms with E-state index in [1.54, 1.807) is 6.20 Å². The second-order valence-electron chi connectivity index (χ2n) is 5.69. The summed E-state index contributed by atoms with van der Waals surface area (Å²) >= 11 is 0. The lowest BCUT2D eigenvalue weighted by Crippen LogP contribution is -2.10. The van der Waals surface area contributed by atoms with Crippen molar-refractivity contribution in [1.29, 1.82) is 5.26 Å². The molecule has 3 heteroatoms. The van der Waals surface area contributed by atoms with Gasteiger partial charge in [-0.05, 0) is 29.2 Å². The van der Waals surface area contributed by atoms with Crippen molar-refractivity contribution in [2.24, 2.45) is 0 Å². The third-order valence-electron chi connectivity index (χ3n) is 3.11. The van der Waals surface area contributed by atoms with E-state index in [-0.39, 0.29) is 5.41 Å². The number of nitriles is 1. The number of hydrogen-bond acceptors (Lipinski definition) is 3. The Morgan fingerprint density at radius 1 is 1.15 bits per heavy atom. The van der Waals surface area contributed by atoms with E-state index in [9.17, 15) is 0 Å². The van der Waals surface area contributed by atoms with Gasteiger partial charge in [-0.25, -0.2) is 4.98 Å². The van der Waals surface area contributed by atoms with Crippen LogP contribution in [-0.4, -0.2) is 4.98 Å². The van der Waals surface area contributed by atoms with Gasteiger partial charge in [0, 0.05) is 11.8 Å². The summed E-state index contributed by atoms with van der Waals surface area (Å²) in [5.74, 6) is 0.797. The van der Waals surface area contributed by atoms with Gasteiger partial charge in [0.2, 0.25) is 0 Å². The average molecular weight is 266 g/mol. The van der Waals surface area contributed by atoms with Crippen LogP contribution in [-0.2, 0) is 12.0 Å². The maximum Gasteiger partial charge on any atom is 0.147 e. The zero-order chi connectivity index (χ0) is 14.6. The zero-order valence-corrected chi connectivity index (χ0v) is 12.1. The van der Waals surface area contributed by atoms with Crippen molar-refractivity contribution in [3.05, 3.63) is 59.4 Å². The van der Waals surface area contributed by atoms with Crippen molar-refractivity contribution in [2.75, 3.05) is 0 Å². The van der Waals surface area contributed by atoms with Crippen molar-refractivity contribution in [3.8, 4) is 11.8 Å². The predicted molar refractivity (Wildman–Crippen MR) is 78.4 cm³/mol. The van der Waals surface area contributed by atoms with Crippen LogP contribution in [0.5, 0.6) is 5.75 Å². The lowest BCUT2D eigenvalue weighted by Gasteiger charge is -2.19. The molecule has 0 fully saturated rings. The average Bonchev–Trinajstić information content (AvgIpc) is 2.45. The number of nitrogens with zero attached hydrogens (tertiary/aromatic N) is 2. The van der Waals surface area contributed by atoms with E-state index in [1.807, 2.05) is 24.3 Å². The molecule has 0 unspecified atom stereocenters. The fourth-order valence-electron chi connectivity index (χ4n) is 1.87. The molecule has 0 aliphatic carbocycles. The Morgan fingerprint density at radius 3 is 2.45 bits per heavy atom. The Morgan fingerprint density at radius 2 is 1.85 bits per heavy atom. The molecule has 0 aliphatic rings. The van der Waals surface area contributed by atoms with Crippen molar-refractivity contribution in [1.82, 2.24) is 4.98 Å². The van der Waals surface area contributed by atoms with E-state index in [0.29, 0.717) is 12.3 Å². The quantitative estimate of drug-likeness (QED) is 0.848. The second-order valence-corrected chi connectivity index (χ2v) is 5.69. The van der Waals surface area contributed by atoms with Crippen LogP contribution >= 0.6 is 0 Å². The van der Waals surface area contributed by atoms with Crippen LogP contribution in [0.4, 0.5) is 0 Å².